The van der Waals surface area contributed by atoms with Crippen LogP contribution in [0, 0.1) is 13.8 Å². The van der Waals surface area contributed by atoms with Gasteiger partial charge in [0.15, 0.2) is 11.5 Å². The van der Waals surface area contributed by atoms with Crippen molar-refractivity contribution in [2.75, 3.05) is 24.7 Å². The molecular weight excluding hydrogens is 366 g/mol. The van der Waals surface area contributed by atoms with Crippen molar-refractivity contribution in [2.45, 2.75) is 13.8 Å². The van der Waals surface area contributed by atoms with E-state index in [0.717, 1.165) is 11.3 Å². The average molecular weight is 389 g/mol. The molecule has 1 amide bonds. The third-order valence-electron chi connectivity index (χ3n) is 4.75. The quantitative estimate of drug-likeness (QED) is 0.614. The Balaban J connectivity index is 1.66. The lowest BCUT2D eigenvalue weighted by atomic mass is 10.1. The molecule has 0 radical (unpaired) electrons. The molecule has 0 saturated heterocycles. The second-order valence-electron chi connectivity index (χ2n) is 6.88. The predicted molar refractivity (Wildman–Crippen MR) is 113 cm³/mol. The Morgan fingerprint density at radius 3 is 2.48 bits per heavy atom. The van der Waals surface area contributed by atoms with Crippen LogP contribution in [0.25, 0.3) is 6.08 Å². The number of carbonyl (C=O) groups is 1. The summed E-state index contributed by atoms with van der Waals surface area (Å²) in [7, 11) is 0. The zero-order chi connectivity index (χ0) is 20.2. The van der Waals surface area contributed by atoms with E-state index in [1.807, 2.05) is 74.5 Å². The molecule has 1 aromatic heterocycles. The van der Waals surface area contributed by atoms with Crippen LogP contribution in [0.1, 0.15) is 27.4 Å². The number of carbonyl (C=O) groups excluding carboxylic acids is 1. The molecule has 0 spiro atoms. The minimum absolute atomic E-state index is 0.117. The van der Waals surface area contributed by atoms with Gasteiger partial charge in [-0.25, -0.2) is 0 Å². The summed E-state index contributed by atoms with van der Waals surface area (Å²) in [6.45, 7) is 5.09. The van der Waals surface area contributed by atoms with Gasteiger partial charge in [-0.15, -0.1) is 0 Å². The van der Waals surface area contributed by atoms with Gasteiger partial charge in [0.2, 0.25) is 0 Å². The summed E-state index contributed by atoms with van der Waals surface area (Å²) in [6, 6.07) is 17.4. The highest BCUT2D eigenvalue weighted by Gasteiger charge is 2.23. The van der Waals surface area contributed by atoms with Gasteiger partial charge in [-0.2, -0.15) is 0 Å². The molecule has 1 aliphatic rings. The lowest BCUT2D eigenvalue weighted by Crippen LogP contribution is -2.31. The number of amides is 1. The van der Waals surface area contributed by atoms with Gasteiger partial charge in [-0.05, 0) is 37.6 Å². The summed E-state index contributed by atoms with van der Waals surface area (Å²) in [5.74, 6) is 2.56. The fourth-order valence-electron chi connectivity index (χ4n) is 3.35. The molecule has 0 bridgehead atoms. The lowest BCUT2D eigenvalue weighted by molar-refractivity contribution is 0.0988. The van der Waals surface area contributed by atoms with Gasteiger partial charge >= 0.3 is 0 Å². The van der Waals surface area contributed by atoms with Crippen molar-refractivity contribution < 1.29 is 18.7 Å². The molecule has 2 heterocycles. The molecule has 148 valence electrons. The number of ether oxygens (including phenoxy) is 2. The Bertz CT molecular complexity index is 1040. The van der Waals surface area contributed by atoms with Crippen LogP contribution in [0.4, 0.5) is 5.69 Å². The third-order valence-corrected chi connectivity index (χ3v) is 4.75. The number of fused-ring (bicyclic) bond motifs is 1. The number of benzene rings is 2. The Morgan fingerprint density at radius 2 is 1.76 bits per heavy atom. The van der Waals surface area contributed by atoms with Gasteiger partial charge in [0, 0.05) is 18.3 Å². The fraction of sp³-hybridized carbons (Fsp3) is 0.208. The van der Waals surface area contributed by atoms with Crippen LogP contribution in [0.15, 0.2) is 65.1 Å². The van der Waals surface area contributed by atoms with Crippen molar-refractivity contribution in [1.82, 2.24) is 0 Å². The largest absolute Gasteiger partial charge is 0.486 e. The molecule has 0 atom stereocenters. The Morgan fingerprint density at radius 1 is 1.00 bits per heavy atom. The molecule has 5 nitrogen and oxygen atoms in total. The second kappa shape index (κ2) is 8.27. The summed E-state index contributed by atoms with van der Waals surface area (Å²) < 4.78 is 16.9. The normalized spacial score (nSPS) is 12.9. The van der Waals surface area contributed by atoms with E-state index in [2.05, 4.69) is 0 Å². The molecule has 4 rings (SSSR count). The van der Waals surface area contributed by atoms with Crippen LogP contribution in [0.5, 0.6) is 11.5 Å². The summed E-state index contributed by atoms with van der Waals surface area (Å²) in [5, 5.41) is 0. The highest BCUT2D eigenvalue weighted by molar-refractivity contribution is 6.07. The van der Waals surface area contributed by atoms with E-state index in [1.165, 1.54) is 0 Å². The van der Waals surface area contributed by atoms with Crippen LogP contribution in [0.3, 0.4) is 0 Å². The molecule has 29 heavy (non-hydrogen) atoms. The predicted octanol–water partition coefficient (Wildman–Crippen LogP) is 5.03. The SMILES string of the molecule is Cc1cc(C(=O)N(CC=Cc2ccccc2)c2ccc3c(c2)OCCO3)c(C)o1. The van der Waals surface area contributed by atoms with Crippen molar-refractivity contribution in [3.63, 3.8) is 0 Å². The zero-order valence-corrected chi connectivity index (χ0v) is 16.6. The highest BCUT2D eigenvalue weighted by Crippen LogP contribution is 2.34. The van der Waals surface area contributed by atoms with E-state index >= 15 is 0 Å². The molecule has 0 aliphatic carbocycles. The van der Waals surface area contributed by atoms with Gasteiger partial charge in [0.05, 0.1) is 5.56 Å². The number of hydrogen-bond acceptors (Lipinski definition) is 4. The van der Waals surface area contributed by atoms with Crippen molar-refractivity contribution in [1.29, 1.82) is 0 Å². The van der Waals surface area contributed by atoms with Gasteiger partial charge in [-0.1, -0.05) is 42.5 Å². The van der Waals surface area contributed by atoms with Gasteiger partial charge in [0.1, 0.15) is 24.7 Å². The van der Waals surface area contributed by atoms with Crippen LogP contribution in [-0.2, 0) is 0 Å². The summed E-state index contributed by atoms with van der Waals surface area (Å²) in [6.07, 6.45) is 3.98. The Kier molecular flexibility index (Phi) is 5.38. The van der Waals surface area contributed by atoms with E-state index in [9.17, 15) is 4.79 Å². The monoisotopic (exact) mass is 389 g/mol. The number of anilines is 1. The molecule has 2 aromatic carbocycles. The first-order valence-electron chi connectivity index (χ1n) is 9.62. The first-order valence-corrected chi connectivity index (χ1v) is 9.62. The number of rotatable bonds is 5. The van der Waals surface area contributed by atoms with E-state index in [0.29, 0.717) is 48.3 Å². The van der Waals surface area contributed by atoms with Gasteiger partial charge in [0.25, 0.3) is 5.91 Å². The number of furan rings is 1. The standard InChI is InChI=1S/C24H23NO4/c1-17-15-21(18(2)29-17)24(26)25(12-6-9-19-7-4-3-5-8-19)20-10-11-22-23(16-20)28-14-13-27-22/h3-11,15-16H,12-14H2,1-2H3. The van der Waals surface area contributed by atoms with Crippen molar-refractivity contribution in [3.05, 3.63) is 83.3 Å². The fourth-order valence-corrected chi connectivity index (χ4v) is 3.35. The minimum Gasteiger partial charge on any atom is -0.486 e. The van der Waals surface area contributed by atoms with Crippen molar-refractivity contribution in [3.8, 4) is 11.5 Å². The summed E-state index contributed by atoms with van der Waals surface area (Å²) in [5.41, 5.74) is 2.39. The van der Waals surface area contributed by atoms with Crippen molar-refractivity contribution in [2.24, 2.45) is 0 Å². The van der Waals surface area contributed by atoms with Crippen LogP contribution >= 0.6 is 0 Å². The molecular formula is C24H23NO4. The van der Waals surface area contributed by atoms with Gasteiger partial charge in [-0.3, -0.25) is 4.79 Å². The van der Waals surface area contributed by atoms with E-state index in [-0.39, 0.29) is 5.91 Å². The zero-order valence-electron chi connectivity index (χ0n) is 16.6. The van der Waals surface area contributed by atoms with E-state index in [4.69, 9.17) is 13.9 Å². The van der Waals surface area contributed by atoms with E-state index in [1.54, 1.807) is 11.0 Å². The topological polar surface area (TPSA) is 51.9 Å². The molecule has 1 aliphatic heterocycles. The number of hydrogen-bond donors (Lipinski definition) is 0. The number of aryl methyl sites for hydroxylation is 2. The van der Waals surface area contributed by atoms with E-state index < -0.39 is 0 Å². The van der Waals surface area contributed by atoms with Crippen molar-refractivity contribution >= 4 is 17.7 Å². The third kappa shape index (κ3) is 4.19. The maximum Gasteiger partial charge on any atom is 0.262 e. The molecule has 5 heteroatoms. The smallest absolute Gasteiger partial charge is 0.262 e. The average Bonchev–Trinajstić information content (AvgIpc) is 3.09. The molecule has 0 fully saturated rings. The number of nitrogens with zero attached hydrogens (tertiary/aromatic N) is 1. The Hall–Kier alpha value is -3.47. The lowest BCUT2D eigenvalue weighted by Gasteiger charge is -2.24. The highest BCUT2D eigenvalue weighted by atomic mass is 16.6. The van der Waals surface area contributed by atoms with Crippen LogP contribution in [0.2, 0.25) is 0 Å². The van der Waals surface area contributed by atoms with Crippen LogP contribution in [-0.4, -0.2) is 25.7 Å². The summed E-state index contributed by atoms with van der Waals surface area (Å²) in [4.78, 5) is 15.1. The maximum atomic E-state index is 13.3. The first kappa shape index (κ1) is 18.9. The summed E-state index contributed by atoms with van der Waals surface area (Å²) >= 11 is 0. The molecule has 0 N–H and O–H groups in total. The second-order valence-corrected chi connectivity index (χ2v) is 6.88. The van der Waals surface area contributed by atoms with Gasteiger partial charge < -0.3 is 18.8 Å². The first-order chi connectivity index (χ1) is 14.1. The minimum atomic E-state index is -0.117. The molecule has 3 aromatic rings. The molecule has 0 saturated carbocycles. The van der Waals surface area contributed by atoms with Crippen LogP contribution < -0.4 is 14.4 Å². The maximum absolute atomic E-state index is 13.3. The Labute approximate surface area is 170 Å². The molecule has 0 unspecified atom stereocenters.